The molecule has 1 amide bonds. The highest BCUT2D eigenvalue weighted by Crippen LogP contribution is 2.25. The molecule has 1 aliphatic heterocycles. The number of nitrogens with zero attached hydrogens (tertiary/aromatic N) is 1. The maximum atomic E-state index is 11.7. The average molecular weight is 228 g/mol. The third-order valence-electron chi connectivity index (χ3n) is 3.49. The Kier molecular flexibility index (Phi) is 4.74. The molecule has 4 heteroatoms. The van der Waals surface area contributed by atoms with E-state index in [1.807, 2.05) is 6.92 Å². The highest BCUT2D eigenvalue weighted by molar-refractivity contribution is 5.77. The lowest BCUT2D eigenvalue weighted by Gasteiger charge is -2.46. The molecule has 0 aromatic carbocycles. The van der Waals surface area contributed by atoms with Crippen molar-refractivity contribution in [2.75, 3.05) is 19.6 Å². The molecule has 3 N–H and O–H groups in total. The first-order chi connectivity index (χ1) is 7.50. The van der Waals surface area contributed by atoms with Crippen molar-refractivity contribution in [2.24, 2.45) is 11.7 Å². The van der Waals surface area contributed by atoms with Gasteiger partial charge >= 0.3 is 0 Å². The lowest BCUT2D eigenvalue weighted by molar-refractivity contribution is -0.156. The first-order valence-electron chi connectivity index (χ1n) is 6.21. The predicted molar refractivity (Wildman–Crippen MR) is 63.9 cm³/mol. The fourth-order valence-electron chi connectivity index (χ4n) is 2.02. The number of carbonyl (C=O) groups excluding carboxylic acids is 1. The minimum Gasteiger partial charge on any atom is -0.386 e. The Balaban J connectivity index is 2.18. The van der Waals surface area contributed by atoms with Gasteiger partial charge in [0, 0.05) is 6.42 Å². The molecule has 1 heterocycles. The van der Waals surface area contributed by atoms with Crippen LogP contribution >= 0.6 is 0 Å². The van der Waals surface area contributed by atoms with E-state index >= 15 is 0 Å². The third-order valence-corrected chi connectivity index (χ3v) is 3.49. The van der Waals surface area contributed by atoms with Gasteiger partial charge in [0.25, 0.3) is 0 Å². The molecule has 1 unspecified atom stereocenters. The molecule has 0 aromatic heterocycles. The topological polar surface area (TPSA) is 66.6 Å². The van der Waals surface area contributed by atoms with Crippen LogP contribution < -0.4 is 5.73 Å². The quantitative estimate of drug-likeness (QED) is 0.704. The van der Waals surface area contributed by atoms with Crippen molar-refractivity contribution < 1.29 is 9.90 Å². The molecular formula is C12H24N2O2. The van der Waals surface area contributed by atoms with Crippen LogP contribution in [0.2, 0.25) is 0 Å². The molecule has 0 spiro atoms. The Hall–Kier alpha value is -0.610. The summed E-state index contributed by atoms with van der Waals surface area (Å²) in [6.07, 6.45) is 3.19. The van der Waals surface area contributed by atoms with Gasteiger partial charge in [0.1, 0.15) is 0 Å². The number of carbonyl (C=O) groups is 1. The fourth-order valence-corrected chi connectivity index (χ4v) is 2.02. The van der Waals surface area contributed by atoms with Gasteiger partial charge in [-0.15, -0.1) is 0 Å². The number of hydrogen-bond acceptors (Lipinski definition) is 3. The Morgan fingerprint density at radius 3 is 2.62 bits per heavy atom. The second-order valence-corrected chi connectivity index (χ2v) is 5.05. The van der Waals surface area contributed by atoms with E-state index in [9.17, 15) is 9.90 Å². The number of nitrogens with two attached hydrogens (primary N) is 1. The van der Waals surface area contributed by atoms with Crippen LogP contribution in [0.5, 0.6) is 0 Å². The van der Waals surface area contributed by atoms with Gasteiger partial charge in [-0.3, -0.25) is 4.79 Å². The van der Waals surface area contributed by atoms with Crippen LogP contribution in [-0.2, 0) is 4.79 Å². The zero-order valence-corrected chi connectivity index (χ0v) is 10.4. The Morgan fingerprint density at radius 2 is 2.12 bits per heavy atom. The second-order valence-electron chi connectivity index (χ2n) is 5.05. The number of amides is 1. The first-order valence-corrected chi connectivity index (χ1v) is 6.21. The normalized spacial score (nSPS) is 20.4. The summed E-state index contributed by atoms with van der Waals surface area (Å²) in [6, 6.07) is 0. The number of hydrogen-bond donors (Lipinski definition) is 2. The average Bonchev–Trinajstić information content (AvgIpc) is 2.22. The molecule has 0 bridgehead atoms. The van der Waals surface area contributed by atoms with Gasteiger partial charge in [0.05, 0.1) is 18.7 Å². The summed E-state index contributed by atoms with van der Waals surface area (Å²) in [4.78, 5) is 13.5. The highest BCUT2D eigenvalue weighted by atomic mass is 16.3. The van der Waals surface area contributed by atoms with Crippen LogP contribution in [0.25, 0.3) is 0 Å². The summed E-state index contributed by atoms with van der Waals surface area (Å²) in [5, 5.41) is 9.79. The van der Waals surface area contributed by atoms with E-state index in [1.54, 1.807) is 4.90 Å². The third kappa shape index (κ3) is 3.46. The summed E-state index contributed by atoms with van der Waals surface area (Å²) >= 11 is 0. The number of likely N-dealkylation sites (tertiary alicyclic amines) is 1. The second kappa shape index (κ2) is 5.64. The van der Waals surface area contributed by atoms with Crippen molar-refractivity contribution in [1.82, 2.24) is 4.90 Å². The maximum absolute atomic E-state index is 11.7. The molecule has 4 nitrogen and oxygen atoms in total. The lowest BCUT2D eigenvalue weighted by atomic mass is 9.90. The number of β-amino-alcohol motifs (C(OH)–C–C–N with tert-alkyl or cyclic N) is 1. The van der Waals surface area contributed by atoms with Crippen LogP contribution in [0.1, 0.15) is 39.5 Å². The zero-order valence-electron chi connectivity index (χ0n) is 10.4. The van der Waals surface area contributed by atoms with E-state index in [1.165, 1.54) is 0 Å². The molecule has 94 valence electrons. The van der Waals surface area contributed by atoms with E-state index in [0.29, 0.717) is 32.0 Å². The molecule has 0 radical (unpaired) electrons. The van der Waals surface area contributed by atoms with Gasteiger partial charge < -0.3 is 15.7 Å². The molecule has 0 aliphatic carbocycles. The van der Waals surface area contributed by atoms with Crippen molar-refractivity contribution in [3.63, 3.8) is 0 Å². The van der Waals surface area contributed by atoms with Gasteiger partial charge in [0.15, 0.2) is 0 Å². The van der Waals surface area contributed by atoms with Crippen LogP contribution in [0, 0.1) is 5.92 Å². The highest BCUT2D eigenvalue weighted by Gasteiger charge is 2.41. The first kappa shape index (κ1) is 13.5. The molecule has 1 rings (SSSR count). The smallest absolute Gasteiger partial charge is 0.222 e. The summed E-state index contributed by atoms with van der Waals surface area (Å²) < 4.78 is 0. The summed E-state index contributed by atoms with van der Waals surface area (Å²) in [5.74, 6) is 0.683. The minimum absolute atomic E-state index is 0.169. The summed E-state index contributed by atoms with van der Waals surface area (Å²) in [7, 11) is 0. The Labute approximate surface area is 97.8 Å². The number of aliphatic hydroxyl groups is 1. The number of rotatable bonds is 6. The monoisotopic (exact) mass is 228 g/mol. The minimum atomic E-state index is -0.613. The molecule has 1 fully saturated rings. The Bertz CT molecular complexity index is 237. The predicted octanol–water partition coefficient (Wildman–Crippen LogP) is 0.735. The van der Waals surface area contributed by atoms with Crippen LogP contribution in [0.4, 0.5) is 0 Å². The van der Waals surface area contributed by atoms with Crippen LogP contribution in [-0.4, -0.2) is 41.1 Å². The largest absolute Gasteiger partial charge is 0.386 e. The molecule has 1 atom stereocenters. The van der Waals surface area contributed by atoms with Gasteiger partial charge in [-0.1, -0.05) is 13.8 Å². The van der Waals surface area contributed by atoms with Crippen molar-refractivity contribution in [3.8, 4) is 0 Å². The van der Waals surface area contributed by atoms with E-state index in [2.05, 4.69) is 6.92 Å². The van der Waals surface area contributed by atoms with E-state index in [4.69, 9.17) is 5.73 Å². The van der Waals surface area contributed by atoms with Gasteiger partial charge in [-0.25, -0.2) is 0 Å². The molecule has 0 aromatic rings. The SMILES string of the molecule is CCC1(O)CN(C(=O)CCC(C)CCN)C1. The summed E-state index contributed by atoms with van der Waals surface area (Å²) in [6.45, 7) is 5.78. The molecule has 1 aliphatic rings. The Morgan fingerprint density at radius 1 is 1.50 bits per heavy atom. The van der Waals surface area contributed by atoms with Gasteiger partial charge in [0.2, 0.25) is 5.91 Å². The van der Waals surface area contributed by atoms with E-state index in [-0.39, 0.29) is 5.91 Å². The van der Waals surface area contributed by atoms with Crippen molar-refractivity contribution in [3.05, 3.63) is 0 Å². The standard InChI is InChI=1S/C12H24N2O2/c1-3-12(16)8-14(9-12)11(15)5-4-10(2)6-7-13/h10,16H,3-9,13H2,1-2H3. The zero-order chi connectivity index (χ0) is 12.2. The van der Waals surface area contributed by atoms with Crippen LogP contribution in [0.15, 0.2) is 0 Å². The molecular weight excluding hydrogens is 204 g/mol. The van der Waals surface area contributed by atoms with E-state index < -0.39 is 5.60 Å². The van der Waals surface area contributed by atoms with Crippen LogP contribution in [0.3, 0.4) is 0 Å². The van der Waals surface area contributed by atoms with Crippen molar-refractivity contribution in [2.45, 2.75) is 45.1 Å². The molecule has 16 heavy (non-hydrogen) atoms. The lowest BCUT2D eigenvalue weighted by Crippen LogP contribution is -2.63. The van der Waals surface area contributed by atoms with Gasteiger partial charge in [-0.2, -0.15) is 0 Å². The van der Waals surface area contributed by atoms with Crippen molar-refractivity contribution >= 4 is 5.91 Å². The van der Waals surface area contributed by atoms with Gasteiger partial charge in [-0.05, 0) is 31.7 Å². The molecule has 1 saturated heterocycles. The van der Waals surface area contributed by atoms with Crippen molar-refractivity contribution in [1.29, 1.82) is 0 Å². The fraction of sp³-hybridized carbons (Fsp3) is 0.917. The molecule has 0 saturated carbocycles. The summed E-state index contributed by atoms with van der Waals surface area (Å²) in [5.41, 5.74) is 4.85. The maximum Gasteiger partial charge on any atom is 0.222 e. The van der Waals surface area contributed by atoms with E-state index in [0.717, 1.165) is 19.3 Å².